The van der Waals surface area contributed by atoms with Gasteiger partial charge in [-0.3, -0.25) is 4.79 Å². The van der Waals surface area contributed by atoms with Gasteiger partial charge in [-0.25, -0.2) is 0 Å². The monoisotopic (exact) mass is 302 g/mol. The Bertz CT molecular complexity index is 261. The zero-order valence-electron chi connectivity index (χ0n) is 10.7. The molecule has 1 unspecified atom stereocenters. The summed E-state index contributed by atoms with van der Waals surface area (Å²) in [6.07, 6.45) is 10.8. The second kappa shape index (κ2) is 8.73. The van der Waals surface area contributed by atoms with E-state index in [0.717, 1.165) is 25.0 Å². The Morgan fingerprint density at radius 1 is 1.24 bits per heavy atom. The van der Waals surface area contributed by atoms with E-state index in [2.05, 4.69) is 22.9 Å². The fourth-order valence-corrected chi connectivity index (χ4v) is 2.50. The van der Waals surface area contributed by atoms with Gasteiger partial charge in [0.25, 0.3) is 0 Å². The van der Waals surface area contributed by atoms with Gasteiger partial charge in [0, 0.05) is 11.4 Å². The second-order valence-corrected chi connectivity index (χ2v) is 5.27. The molecule has 1 rings (SSSR count). The number of carbonyl (C=O) groups excluding carboxylic acids is 1. The van der Waals surface area contributed by atoms with Crippen molar-refractivity contribution in [2.24, 2.45) is 5.92 Å². The molecule has 0 saturated carbocycles. The van der Waals surface area contributed by atoms with Crippen LogP contribution in [-0.4, -0.2) is 5.97 Å². The molecular formula is C14H23BrO2. The van der Waals surface area contributed by atoms with E-state index in [1.54, 1.807) is 4.99 Å². The van der Waals surface area contributed by atoms with Gasteiger partial charge in [-0.1, -0.05) is 67.8 Å². The van der Waals surface area contributed by atoms with Crippen molar-refractivity contribution >= 4 is 21.9 Å². The van der Waals surface area contributed by atoms with E-state index in [0.29, 0.717) is 0 Å². The molecule has 0 radical (unpaired) electrons. The predicted molar refractivity (Wildman–Crippen MR) is 73.8 cm³/mol. The molecule has 1 aliphatic heterocycles. The lowest BCUT2D eigenvalue weighted by molar-refractivity contribution is -0.139. The van der Waals surface area contributed by atoms with Crippen LogP contribution < -0.4 is 0 Å². The lowest BCUT2D eigenvalue weighted by atomic mass is 9.98. The number of ether oxygens (including phenoxy) is 1. The third-order valence-electron chi connectivity index (χ3n) is 3.29. The van der Waals surface area contributed by atoms with Gasteiger partial charge < -0.3 is 4.74 Å². The maximum Gasteiger partial charge on any atom is 0.314 e. The largest absolute Gasteiger partial charge is 0.430 e. The molecule has 2 nitrogen and oxygen atoms in total. The van der Waals surface area contributed by atoms with Crippen LogP contribution in [0, 0.1) is 5.92 Å². The summed E-state index contributed by atoms with van der Waals surface area (Å²) in [5.74, 6) is 0.846. The van der Waals surface area contributed by atoms with E-state index in [-0.39, 0.29) is 11.9 Å². The first-order valence-electron chi connectivity index (χ1n) is 6.79. The number of rotatable bonds is 8. The van der Waals surface area contributed by atoms with E-state index >= 15 is 0 Å². The fourth-order valence-electron chi connectivity index (χ4n) is 2.21. The highest BCUT2D eigenvalue weighted by Crippen LogP contribution is 2.29. The Balaban J connectivity index is 2.01. The van der Waals surface area contributed by atoms with Gasteiger partial charge in [0.15, 0.2) is 0 Å². The lowest BCUT2D eigenvalue weighted by Gasteiger charge is -2.04. The van der Waals surface area contributed by atoms with Crippen molar-refractivity contribution < 1.29 is 9.53 Å². The van der Waals surface area contributed by atoms with Gasteiger partial charge >= 0.3 is 5.97 Å². The smallest absolute Gasteiger partial charge is 0.314 e. The van der Waals surface area contributed by atoms with Gasteiger partial charge in [0.05, 0.1) is 5.92 Å². The number of esters is 1. The molecule has 17 heavy (non-hydrogen) atoms. The molecule has 0 aliphatic carbocycles. The third kappa shape index (κ3) is 5.71. The van der Waals surface area contributed by atoms with Crippen LogP contribution in [0.25, 0.3) is 0 Å². The predicted octanol–water partition coefficient (Wildman–Crippen LogP) is 4.93. The Labute approximate surface area is 113 Å². The molecule has 0 N–H and O–H groups in total. The molecule has 3 heteroatoms. The Hall–Kier alpha value is -0.310. The van der Waals surface area contributed by atoms with Crippen LogP contribution >= 0.6 is 15.9 Å². The number of cyclic esters (lactones) is 1. The normalized spacial score (nSPS) is 22.1. The van der Waals surface area contributed by atoms with E-state index < -0.39 is 0 Å². The van der Waals surface area contributed by atoms with Crippen molar-refractivity contribution in [3.05, 3.63) is 10.7 Å². The van der Waals surface area contributed by atoms with E-state index in [4.69, 9.17) is 4.74 Å². The summed E-state index contributed by atoms with van der Waals surface area (Å²) in [6, 6.07) is 0. The number of halogens is 1. The van der Waals surface area contributed by atoms with Crippen LogP contribution in [0.4, 0.5) is 0 Å². The van der Waals surface area contributed by atoms with Gasteiger partial charge in [-0.05, 0) is 6.42 Å². The minimum Gasteiger partial charge on any atom is -0.430 e. The number of carbonyl (C=O) groups is 1. The highest BCUT2D eigenvalue weighted by atomic mass is 79.9. The Morgan fingerprint density at radius 2 is 1.88 bits per heavy atom. The van der Waals surface area contributed by atoms with Crippen molar-refractivity contribution in [3.63, 3.8) is 0 Å². The SMILES string of the molecule is CCCCCCCCCC1C/C(=C\Br)OC1=O. The van der Waals surface area contributed by atoms with Crippen LogP contribution in [0.15, 0.2) is 10.7 Å². The van der Waals surface area contributed by atoms with Gasteiger partial charge in [0.2, 0.25) is 0 Å². The van der Waals surface area contributed by atoms with Gasteiger partial charge in [-0.2, -0.15) is 0 Å². The minimum absolute atomic E-state index is 0.0401. The molecule has 0 bridgehead atoms. The highest BCUT2D eigenvalue weighted by Gasteiger charge is 2.29. The molecule has 0 spiro atoms. The van der Waals surface area contributed by atoms with E-state index in [1.165, 1.54) is 38.5 Å². The second-order valence-electron chi connectivity index (χ2n) is 4.81. The first-order valence-corrected chi connectivity index (χ1v) is 7.70. The topological polar surface area (TPSA) is 26.3 Å². The molecule has 1 atom stereocenters. The first kappa shape index (κ1) is 14.7. The minimum atomic E-state index is -0.0401. The quantitative estimate of drug-likeness (QED) is 0.469. The Morgan fingerprint density at radius 3 is 2.47 bits per heavy atom. The van der Waals surface area contributed by atoms with Crippen molar-refractivity contribution in [2.75, 3.05) is 0 Å². The summed E-state index contributed by atoms with van der Waals surface area (Å²) in [6.45, 7) is 2.24. The zero-order chi connectivity index (χ0) is 12.5. The average molecular weight is 303 g/mol. The maximum absolute atomic E-state index is 11.5. The fraction of sp³-hybridized carbons (Fsp3) is 0.786. The Kier molecular flexibility index (Phi) is 7.58. The molecule has 1 fully saturated rings. The molecule has 0 amide bonds. The molecule has 0 aromatic rings. The standard InChI is InChI=1S/C14H23BrO2/c1-2-3-4-5-6-7-8-9-12-10-13(11-15)17-14(12)16/h11-12H,2-10H2,1H3/b13-11+. The highest BCUT2D eigenvalue weighted by molar-refractivity contribution is 9.11. The summed E-state index contributed by atoms with van der Waals surface area (Å²) in [4.78, 5) is 13.2. The summed E-state index contributed by atoms with van der Waals surface area (Å²) < 4.78 is 5.11. The lowest BCUT2D eigenvalue weighted by Crippen LogP contribution is -2.06. The zero-order valence-corrected chi connectivity index (χ0v) is 12.3. The summed E-state index contributed by atoms with van der Waals surface area (Å²) in [7, 11) is 0. The van der Waals surface area contributed by atoms with Gasteiger partial charge in [-0.15, -0.1) is 0 Å². The van der Waals surface area contributed by atoms with Crippen molar-refractivity contribution in [2.45, 2.75) is 64.7 Å². The molecule has 0 aromatic heterocycles. The number of allylic oxidation sites excluding steroid dienone is 1. The third-order valence-corrected chi connectivity index (χ3v) is 3.80. The molecule has 98 valence electrons. The molecule has 1 aliphatic rings. The molecule has 1 saturated heterocycles. The maximum atomic E-state index is 11.5. The van der Waals surface area contributed by atoms with E-state index in [9.17, 15) is 4.79 Å². The summed E-state index contributed by atoms with van der Waals surface area (Å²) in [5, 5.41) is 0. The van der Waals surface area contributed by atoms with E-state index in [1.807, 2.05) is 0 Å². The van der Waals surface area contributed by atoms with Crippen LogP contribution in [0.2, 0.25) is 0 Å². The van der Waals surface area contributed by atoms with Crippen LogP contribution in [0.1, 0.15) is 64.7 Å². The van der Waals surface area contributed by atoms with Crippen molar-refractivity contribution in [1.82, 2.24) is 0 Å². The average Bonchev–Trinajstić information content (AvgIpc) is 2.69. The van der Waals surface area contributed by atoms with Gasteiger partial charge in [0.1, 0.15) is 5.76 Å². The van der Waals surface area contributed by atoms with Crippen molar-refractivity contribution in [1.29, 1.82) is 0 Å². The first-order chi connectivity index (χ1) is 8.27. The number of hydrogen-bond acceptors (Lipinski definition) is 2. The number of hydrogen-bond donors (Lipinski definition) is 0. The number of unbranched alkanes of at least 4 members (excludes halogenated alkanes) is 6. The van der Waals surface area contributed by atoms with Crippen LogP contribution in [0.5, 0.6) is 0 Å². The molecule has 1 heterocycles. The van der Waals surface area contributed by atoms with Crippen LogP contribution in [-0.2, 0) is 9.53 Å². The molecule has 0 aromatic carbocycles. The van der Waals surface area contributed by atoms with Crippen LogP contribution in [0.3, 0.4) is 0 Å². The molecular weight excluding hydrogens is 280 g/mol. The summed E-state index contributed by atoms with van der Waals surface area (Å²) >= 11 is 3.21. The summed E-state index contributed by atoms with van der Waals surface area (Å²) in [5.41, 5.74) is 0. The van der Waals surface area contributed by atoms with Crippen molar-refractivity contribution in [3.8, 4) is 0 Å².